The topological polar surface area (TPSA) is 121 Å². The van der Waals surface area contributed by atoms with Crippen molar-refractivity contribution in [1.82, 2.24) is 5.32 Å². The molecular weight excluding hydrogens is 727 g/mol. The van der Waals surface area contributed by atoms with Gasteiger partial charge in [0.25, 0.3) is 0 Å². The summed E-state index contributed by atoms with van der Waals surface area (Å²) in [6, 6.07) is -0.798. The fourth-order valence-corrected chi connectivity index (χ4v) is 8.86. The number of epoxide rings is 1. The molecule has 0 aromatic carbocycles. The maximum atomic E-state index is 13.0. The smallest absolute Gasteiger partial charge is 0.220 e. The van der Waals surface area contributed by atoms with Gasteiger partial charge in [0.05, 0.1) is 24.9 Å². The number of ether oxygens (including phenoxy) is 3. The van der Waals surface area contributed by atoms with Crippen LogP contribution in [0.15, 0.2) is 0 Å². The van der Waals surface area contributed by atoms with Gasteiger partial charge in [0, 0.05) is 6.42 Å². The normalized spacial score (nSPS) is 21.8. The number of hydrogen-bond donors (Lipinski definition) is 4. The van der Waals surface area contributed by atoms with Gasteiger partial charge in [-0.1, -0.05) is 232 Å². The number of aliphatic hydroxyl groups excluding tert-OH is 3. The molecule has 2 rings (SSSR count). The highest BCUT2D eigenvalue weighted by atomic mass is 16.7. The standard InChI is InChI=1S/C50H97NO7/c1-4-6-8-10-12-14-16-18-19-20-21-22-23-24-25-26-27-28-30-32-34-36-38-40-45(53)51-43(41-56-50-47(55)49-48(58-49)42(3)57-50)46(54)44(52)39-37-35-33-31-29-17-15-13-11-9-7-5-2/h42-44,46-50,52,54-55H,4-41H2,1-3H3,(H,51,53)/t42?,43-,44+,46-,47-,48+,49?,50+/m0/s1. The molecule has 0 radical (unpaired) electrons. The lowest BCUT2D eigenvalue weighted by atomic mass is 9.99. The summed E-state index contributed by atoms with van der Waals surface area (Å²) in [5, 5.41) is 35.7. The molecule has 0 aromatic heterocycles. The molecule has 8 nitrogen and oxygen atoms in total. The van der Waals surface area contributed by atoms with Crippen molar-refractivity contribution in [1.29, 1.82) is 0 Å². The molecule has 4 N–H and O–H groups in total. The summed E-state index contributed by atoms with van der Waals surface area (Å²) >= 11 is 0. The zero-order valence-electron chi connectivity index (χ0n) is 38.5. The van der Waals surface area contributed by atoms with E-state index in [1.165, 1.54) is 186 Å². The second-order valence-corrected chi connectivity index (χ2v) is 18.5. The van der Waals surface area contributed by atoms with E-state index in [0.29, 0.717) is 12.8 Å². The van der Waals surface area contributed by atoms with Crippen LogP contribution in [0.3, 0.4) is 0 Å². The number of carbonyl (C=O) groups is 1. The lowest BCUT2D eigenvalue weighted by Gasteiger charge is -2.32. The number of carbonyl (C=O) groups excluding carboxylic acids is 1. The first-order chi connectivity index (χ1) is 28.4. The Bertz CT molecular complexity index is 922. The van der Waals surface area contributed by atoms with Crippen LogP contribution in [-0.4, -0.2) is 76.8 Å². The minimum absolute atomic E-state index is 0.0619. The molecule has 2 unspecified atom stereocenters. The largest absolute Gasteiger partial charge is 0.390 e. The zero-order chi connectivity index (χ0) is 41.9. The summed E-state index contributed by atoms with van der Waals surface area (Å²) in [7, 11) is 0. The third kappa shape index (κ3) is 27.2. The molecule has 8 heteroatoms. The van der Waals surface area contributed by atoms with Crippen LogP contribution in [0.5, 0.6) is 0 Å². The summed E-state index contributed by atoms with van der Waals surface area (Å²) in [4.78, 5) is 13.0. The van der Waals surface area contributed by atoms with E-state index in [1.807, 2.05) is 6.92 Å². The van der Waals surface area contributed by atoms with Crippen molar-refractivity contribution in [2.75, 3.05) is 6.61 Å². The molecule has 2 saturated heterocycles. The number of fused-ring (bicyclic) bond motifs is 1. The van der Waals surface area contributed by atoms with E-state index in [-0.39, 0.29) is 30.8 Å². The van der Waals surface area contributed by atoms with Crippen molar-refractivity contribution in [3.63, 3.8) is 0 Å². The van der Waals surface area contributed by atoms with Crippen molar-refractivity contribution < 1.29 is 34.3 Å². The van der Waals surface area contributed by atoms with Gasteiger partial charge in [-0.15, -0.1) is 0 Å². The second kappa shape index (κ2) is 36.8. The van der Waals surface area contributed by atoms with Gasteiger partial charge in [0.1, 0.15) is 24.4 Å². The number of nitrogens with one attached hydrogen (secondary N) is 1. The van der Waals surface area contributed by atoms with Crippen LogP contribution in [0.4, 0.5) is 0 Å². The first-order valence-corrected chi connectivity index (χ1v) is 25.6. The average molecular weight is 824 g/mol. The van der Waals surface area contributed by atoms with Gasteiger partial charge in [0.2, 0.25) is 5.91 Å². The summed E-state index contributed by atoms with van der Waals surface area (Å²) in [5.41, 5.74) is 0. The van der Waals surface area contributed by atoms with Gasteiger partial charge in [-0.2, -0.15) is 0 Å². The molecule has 8 atom stereocenters. The Morgan fingerprint density at radius 1 is 0.534 bits per heavy atom. The number of rotatable bonds is 43. The van der Waals surface area contributed by atoms with Crippen molar-refractivity contribution >= 4 is 5.91 Å². The van der Waals surface area contributed by atoms with Gasteiger partial charge in [0.15, 0.2) is 6.29 Å². The quantitative estimate of drug-likeness (QED) is 0.0357. The molecule has 2 aliphatic rings. The van der Waals surface area contributed by atoms with E-state index in [1.54, 1.807) is 0 Å². The van der Waals surface area contributed by atoms with E-state index < -0.39 is 30.6 Å². The highest BCUT2D eigenvalue weighted by Crippen LogP contribution is 2.37. The molecule has 0 aliphatic carbocycles. The van der Waals surface area contributed by atoms with Crippen LogP contribution < -0.4 is 5.32 Å². The lowest BCUT2D eigenvalue weighted by Crippen LogP contribution is -2.53. The van der Waals surface area contributed by atoms with Crippen molar-refractivity contribution in [2.24, 2.45) is 0 Å². The van der Waals surface area contributed by atoms with Crippen LogP contribution >= 0.6 is 0 Å². The fourth-order valence-electron chi connectivity index (χ4n) is 8.86. The molecule has 2 fully saturated rings. The Morgan fingerprint density at radius 2 is 0.897 bits per heavy atom. The summed E-state index contributed by atoms with van der Waals surface area (Å²) in [6.45, 7) is 6.38. The van der Waals surface area contributed by atoms with Crippen molar-refractivity contribution in [3.8, 4) is 0 Å². The summed E-state index contributed by atoms with van der Waals surface area (Å²) in [6.07, 6.45) is 41.9. The van der Waals surface area contributed by atoms with E-state index in [4.69, 9.17) is 14.2 Å². The van der Waals surface area contributed by atoms with E-state index in [0.717, 1.165) is 38.5 Å². The number of unbranched alkanes of at least 4 members (excludes halogenated alkanes) is 33. The zero-order valence-corrected chi connectivity index (χ0v) is 38.5. The Kier molecular flexibility index (Phi) is 33.9. The SMILES string of the molecule is CCCCCCCCCCCCCCCCCCCCCCCCCC(=O)N[C@@H](CO[C@@H]1OC(C)[C@H]2OC2[C@@H]1O)[C@H](O)[C@H](O)CCCCCCCCCCCCCC. The lowest BCUT2D eigenvalue weighted by molar-refractivity contribution is -0.231. The van der Waals surface area contributed by atoms with Crippen molar-refractivity contribution in [3.05, 3.63) is 0 Å². The monoisotopic (exact) mass is 824 g/mol. The minimum atomic E-state index is -1.17. The predicted octanol–water partition coefficient (Wildman–Crippen LogP) is 12.6. The molecule has 0 aromatic rings. The Balaban J connectivity index is 1.51. The molecule has 2 heterocycles. The first kappa shape index (κ1) is 53.4. The number of aliphatic hydroxyl groups is 3. The molecule has 344 valence electrons. The summed E-state index contributed by atoms with van der Waals surface area (Å²) in [5.74, 6) is -0.141. The molecule has 1 amide bonds. The number of hydrogen-bond acceptors (Lipinski definition) is 7. The number of amides is 1. The first-order valence-electron chi connectivity index (χ1n) is 25.6. The fraction of sp³-hybridized carbons (Fsp3) is 0.980. The van der Waals surface area contributed by atoms with Gasteiger partial charge >= 0.3 is 0 Å². The second-order valence-electron chi connectivity index (χ2n) is 18.5. The maximum Gasteiger partial charge on any atom is 0.220 e. The molecule has 0 spiro atoms. The van der Waals surface area contributed by atoms with Gasteiger partial charge in [-0.3, -0.25) is 4.79 Å². The third-order valence-corrected chi connectivity index (χ3v) is 12.9. The molecule has 0 bridgehead atoms. The van der Waals surface area contributed by atoms with Gasteiger partial charge in [-0.05, 0) is 19.8 Å². The minimum Gasteiger partial charge on any atom is -0.390 e. The third-order valence-electron chi connectivity index (χ3n) is 12.9. The molecule has 2 aliphatic heterocycles. The highest BCUT2D eigenvalue weighted by molar-refractivity contribution is 5.76. The van der Waals surface area contributed by atoms with Crippen LogP contribution in [0.1, 0.15) is 258 Å². The van der Waals surface area contributed by atoms with Gasteiger partial charge < -0.3 is 34.8 Å². The molecule has 58 heavy (non-hydrogen) atoms. The van der Waals surface area contributed by atoms with Crippen molar-refractivity contribution in [2.45, 2.75) is 307 Å². The Labute approximate surface area is 358 Å². The van der Waals surface area contributed by atoms with Crippen LogP contribution in [-0.2, 0) is 19.0 Å². The average Bonchev–Trinajstić information content (AvgIpc) is 4.04. The Hall–Kier alpha value is -0.770. The van der Waals surface area contributed by atoms with Crippen LogP contribution in [0, 0.1) is 0 Å². The highest BCUT2D eigenvalue weighted by Gasteiger charge is 2.56. The molecule has 0 saturated carbocycles. The van der Waals surface area contributed by atoms with Crippen LogP contribution in [0.25, 0.3) is 0 Å². The Morgan fingerprint density at radius 3 is 1.29 bits per heavy atom. The van der Waals surface area contributed by atoms with E-state index >= 15 is 0 Å². The molecular formula is C50H97NO7. The van der Waals surface area contributed by atoms with Gasteiger partial charge in [-0.25, -0.2) is 0 Å². The summed E-state index contributed by atoms with van der Waals surface area (Å²) < 4.78 is 17.3. The van der Waals surface area contributed by atoms with Crippen LogP contribution in [0.2, 0.25) is 0 Å². The predicted molar refractivity (Wildman–Crippen MR) is 241 cm³/mol. The van der Waals surface area contributed by atoms with E-state index in [2.05, 4.69) is 19.2 Å². The van der Waals surface area contributed by atoms with E-state index in [9.17, 15) is 20.1 Å². The maximum absolute atomic E-state index is 13.0.